The van der Waals surface area contributed by atoms with E-state index in [1.807, 2.05) is 0 Å². The first-order valence-corrected chi connectivity index (χ1v) is 6.49. The first-order chi connectivity index (χ1) is 10.6. The summed E-state index contributed by atoms with van der Waals surface area (Å²) in [6.45, 7) is 0. The monoisotopic (exact) mass is 300 g/mol. The Kier molecular flexibility index (Phi) is 4.63. The summed E-state index contributed by atoms with van der Waals surface area (Å²) in [4.78, 5) is 23.7. The number of para-hydroxylation sites is 1. The number of hydrogen-bond acceptors (Lipinski definition) is 4. The molecule has 2 aromatic rings. The van der Waals surface area contributed by atoms with Crippen molar-refractivity contribution in [1.82, 2.24) is 0 Å². The van der Waals surface area contributed by atoms with E-state index in [-0.39, 0.29) is 11.5 Å². The van der Waals surface area contributed by atoms with Crippen LogP contribution in [0.4, 0.5) is 5.69 Å². The molecule has 2 aromatic carbocycles. The number of ether oxygens (including phenoxy) is 2. The van der Waals surface area contributed by atoms with Gasteiger partial charge >= 0.3 is 0 Å². The second kappa shape index (κ2) is 6.62. The average Bonchev–Trinajstić information content (AvgIpc) is 2.54. The molecule has 6 heteroatoms. The smallest absolute Gasteiger partial charge is 0.255 e. The van der Waals surface area contributed by atoms with Crippen LogP contribution in [0.5, 0.6) is 11.5 Å². The van der Waals surface area contributed by atoms with Gasteiger partial charge in [-0.25, -0.2) is 0 Å². The van der Waals surface area contributed by atoms with Gasteiger partial charge in [-0.3, -0.25) is 9.59 Å². The SMILES string of the molecule is COc1ccc(C(=O)Nc2ccccc2C(N)=O)cc1OC. The summed E-state index contributed by atoms with van der Waals surface area (Å²) >= 11 is 0. The van der Waals surface area contributed by atoms with E-state index < -0.39 is 5.91 Å². The maximum absolute atomic E-state index is 12.3. The third-order valence-corrected chi connectivity index (χ3v) is 3.09. The second-order valence-corrected chi connectivity index (χ2v) is 4.43. The topological polar surface area (TPSA) is 90.6 Å². The first-order valence-electron chi connectivity index (χ1n) is 6.49. The van der Waals surface area contributed by atoms with Crippen LogP contribution in [0.3, 0.4) is 0 Å². The fourth-order valence-electron chi connectivity index (χ4n) is 1.98. The number of amides is 2. The Balaban J connectivity index is 2.28. The molecule has 0 heterocycles. The van der Waals surface area contributed by atoms with Crippen LogP contribution in [0.25, 0.3) is 0 Å². The van der Waals surface area contributed by atoms with Gasteiger partial charge in [-0.05, 0) is 30.3 Å². The summed E-state index contributed by atoms with van der Waals surface area (Å²) in [6.07, 6.45) is 0. The van der Waals surface area contributed by atoms with Gasteiger partial charge in [-0.1, -0.05) is 12.1 Å². The minimum atomic E-state index is -0.608. The zero-order valence-electron chi connectivity index (χ0n) is 12.3. The van der Waals surface area contributed by atoms with E-state index in [2.05, 4.69) is 5.32 Å². The quantitative estimate of drug-likeness (QED) is 0.884. The number of methoxy groups -OCH3 is 2. The fraction of sp³-hybridized carbons (Fsp3) is 0.125. The predicted molar refractivity (Wildman–Crippen MR) is 82.5 cm³/mol. The first kappa shape index (κ1) is 15.4. The number of anilines is 1. The van der Waals surface area contributed by atoms with E-state index in [0.717, 1.165) is 0 Å². The number of nitrogens with two attached hydrogens (primary N) is 1. The molecule has 6 nitrogen and oxygen atoms in total. The lowest BCUT2D eigenvalue weighted by Crippen LogP contribution is -2.18. The van der Waals surface area contributed by atoms with Crippen molar-refractivity contribution >= 4 is 17.5 Å². The highest BCUT2D eigenvalue weighted by molar-refractivity contribution is 6.08. The predicted octanol–water partition coefficient (Wildman–Crippen LogP) is 2.05. The molecule has 0 aliphatic carbocycles. The van der Waals surface area contributed by atoms with Crippen molar-refractivity contribution in [3.63, 3.8) is 0 Å². The van der Waals surface area contributed by atoms with Gasteiger partial charge in [0.2, 0.25) is 0 Å². The molecule has 2 amide bonds. The molecule has 0 fully saturated rings. The van der Waals surface area contributed by atoms with Crippen LogP contribution >= 0.6 is 0 Å². The summed E-state index contributed by atoms with van der Waals surface area (Å²) in [5, 5.41) is 2.66. The number of nitrogens with one attached hydrogen (secondary N) is 1. The van der Waals surface area contributed by atoms with Crippen LogP contribution in [0.2, 0.25) is 0 Å². The van der Waals surface area contributed by atoms with Gasteiger partial charge < -0.3 is 20.5 Å². The Hall–Kier alpha value is -3.02. The van der Waals surface area contributed by atoms with Crippen molar-refractivity contribution in [3.8, 4) is 11.5 Å². The van der Waals surface area contributed by atoms with Crippen LogP contribution < -0.4 is 20.5 Å². The summed E-state index contributed by atoms with van der Waals surface area (Å²) in [6, 6.07) is 11.3. The van der Waals surface area contributed by atoms with Gasteiger partial charge in [0, 0.05) is 5.56 Å². The lowest BCUT2D eigenvalue weighted by atomic mass is 10.1. The zero-order valence-corrected chi connectivity index (χ0v) is 12.3. The normalized spacial score (nSPS) is 9.91. The number of carbonyl (C=O) groups is 2. The molecule has 0 aliphatic heterocycles. The molecule has 0 spiro atoms. The molecule has 0 aliphatic rings. The standard InChI is InChI=1S/C16H16N2O4/c1-21-13-8-7-10(9-14(13)22-2)16(20)18-12-6-4-3-5-11(12)15(17)19/h3-9H,1-2H3,(H2,17,19)(H,18,20). The summed E-state index contributed by atoms with van der Waals surface area (Å²) in [5.41, 5.74) is 6.26. The molecule has 0 radical (unpaired) electrons. The van der Waals surface area contributed by atoms with Gasteiger partial charge in [0.25, 0.3) is 11.8 Å². The number of hydrogen-bond donors (Lipinski definition) is 2. The largest absolute Gasteiger partial charge is 0.493 e. The summed E-state index contributed by atoms with van der Waals surface area (Å²) in [5.74, 6) is -0.0206. The Morgan fingerprint density at radius 1 is 1.00 bits per heavy atom. The van der Waals surface area contributed by atoms with Crippen LogP contribution in [0.15, 0.2) is 42.5 Å². The molecule has 3 N–H and O–H groups in total. The van der Waals surface area contributed by atoms with E-state index in [0.29, 0.717) is 22.7 Å². The Morgan fingerprint density at radius 3 is 2.32 bits per heavy atom. The zero-order chi connectivity index (χ0) is 16.1. The number of primary amides is 1. The van der Waals surface area contributed by atoms with Gasteiger partial charge in [-0.2, -0.15) is 0 Å². The van der Waals surface area contributed by atoms with Gasteiger partial charge in [0.05, 0.1) is 25.5 Å². The van der Waals surface area contributed by atoms with E-state index >= 15 is 0 Å². The lowest BCUT2D eigenvalue weighted by molar-refractivity contribution is 0.100. The van der Waals surface area contributed by atoms with Crippen molar-refractivity contribution < 1.29 is 19.1 Å². The van der Waals surface area contributed by atoms with E-state index in [1.54, 1.807) is 42.5 Å². The Morgan fingerprint density at radius 2 is 1.68 bits per heavy atom. The average molecular weight is 300 g/mol. The number of rotatable bonds is 5. The molecule has 0 aromatic heterocycles. The van der Waals surface area contributed by atoms with Crippen molar-refractivity contribution in [2.75, 3.05) is 19.5 Å². The van der Waals surface area contributed by atoms with Crippen LogP contribution in [-0.2, 0) is 0 Å². The van der Waals surface area contributed by atoms with Gasteiger partial charge in [0.1, 0.15) is 0 Å². The maximum Gasteiger partial charge on any atom is 0.255 e. The van der Waals surface area contributed by atoms with Crippen LogP contribution in [0, 0.1) is 0 Å². The fourth-order valence-corrected chi connectivity index (χ4v) is 1.98. The highest BCUT2D eigenvalue weighted by atomic mass is 16.5. The van der Waals surface area contributed by atoms with Crippen LogP contribution in [-0.4, -0.2) is 26.0 Å². The highest BCUT2D eigenvalue weighted by Crippen LogP contribution is 2.28. The van der Waals surface area contributed by atoms with Gasteiger partial charge in [0.15, 0.2) is 11.5 Å². The van der Waals surface area contributed by atoms with E-state index in [4.69, 9.17) is 15.2 Å². The Bertz CT molecular complexity index is 713. The molecule has 0 unspecified atom stereocenters. The van der Waals surface area contributed by atoms with Gasteiger partial charge in [-0.15, -0.1) is 0 Å². The molecule has 0 atom stereocenters. The molecular formula is C16H16N2O4. The summed E-state index contributed by atoms with van der Waals surface area (Å²) in [7, 11) is 3.00. The molecule has 0 bridgehead atoms. The van der Waals surface area contributed by atoms with E-state index in [9.17, 15) is 9.59 Å². The van der Waals surface area contributed by atoms with Crippen molar-refractivity contribution in [2.45, 2.75) is 0 Å². The third kappa shape index (κ3) is 3.17. The molecular weight excluding hydrogens is 284 g/mol. The third-order valence-electron chi connectivity index (χ3n) is 3.09. The molecule has 2 rings (SSSR count). The molecule has 22 heavy (non-hydrogen) atoms. The van der Waals surface area contributed by atoms with Crippen molar-refractivity contribution in [1.29, 1.82) is 0 Å². The molecule has 0 saturated heterocycles. The highest BCUT2D eigenvalue weighted by Gasteiger charge is 2.14. The van der Waals surface area contributed by atoms with E-state index in [1.165, 1.54) is 14.2 Å². The molecule has 114 valence electrons. The summed E-state index contributed by atoms with van der Waals surface area (Å²) < 4.78 is 10.3. The minimum Gasteiger partial charge on any atom is -0.493 e. The Labute approximate surface area is 127 Å². The second-order valence-electron chi connectivity index (χ2n) is 4.43. The lowest BCUT2D eigenvalue weighted by Gasteiger charge is -2.11. The maximum atomic E-state index is 12.3. The van der Waals surface area contributed by atoms with Crippen molar-refractivity contribution in [2.24, 2.45) is 5.73 Å². The number of benzene rings is 2. The molecule has 0 saturated carbocycles. The number of carbonyl (C=O) groups excluding carboxylic acids is 2. The minimum absolute atomic E-state index is 0.247. The van der Waals surface area contributed by atoms with Crippen LogP contribution in [0.1, 0.15) is 20.7 Å². The van der Waals surface area contributed by atoms with Crippen molar-refractivity contribution in [3.05, 3.63) is 53.6 Å².